The molecule has 0 saturated heterocycles. The van der Waals surface area contributed by atoms with E-state index in [4.69, 9.17) is 4.74 Å². The Kier molecular flexibility index (Phi) is 5.49. The van der Waals surface area contributed by atoms with E-state index in [9.17, 15) is 15.0 Å². The molecule has 0 aromatic carbocycles. The average molecular weight is 228 g/mol. The highest BCUT2D eigenvalue weighted by Gasteiger charge is 2.26. The molecule has 1 saturated carbocycles. The van der Waals surface area contributed by atoms with Crippen molar-refractivity contribution in [1.29, 1.82) is 0 Å². The Morgan fingerprint density at radius 3 is 2.75 bits per heavy atom. The lowest BCUT2D eigenvalue weighted by atomic mass is 9.83. The first-order valence-corrected chi connectivity index (χ1v) is 5.78. The number of ether oxygens (including phenoxy) is 1. The minimum absolute atomic E-state index is 0.390. The van der Waals surface area contributed by atoms with Gasteiger partial charge in [-0.25, -0.2) is 4.79 Å². The Morgan fingerprint density at radius 1 is 1.38 bits per heavy atom. The minimum atomic E-state index is -0.588. The smallest absolute Gasteiger partial charge is 0.330 e. The molecule has 0 aliphatic heterocycles. The topological polar surface area (TPSA) is 66.8 Å². The molecule has 0 radical (unpaired) electrons. The lowest BCUT2D eigenvalue weighted by Crippen LogP contribution is -2.33. The lowest BCUT2D eigenvalue weighted by molar-refractivity contribution is -0.137. The van der Waals surface area contributed by atoms with Crippen molar-refractivity contribution in [3.05, 3.63) is 12.7 Å². The number of esters is 1. The van der Waals surface area contributed by atoms with E-state index in [1.807, 2.05) is 0 Å². The fourth-order valence-corrected chi connectivity index (χ4v) is 2.08. The highest BCUT2D eigenvalue weighted by molar-refractivity contribution is 5.81. The predicted octanol–water partition coefficient (Wildman–Crippen LogP) is 1.02. The molecule has 1 fully saturated rings. The fourth-order valence-electron chi connectivity index (χ4n) is 2.08. The normalized spacial score (nSPS) is 29.8. The summed E-state index contributed by atoms with van der Waals surface area (Å²) in [6, 6.07) is 0. The van der Waals surface area contributed by atoms with Crippen molar-refractivity contribution in [2.75, 3.05) is 6.61 Å². The molecule has 1 aliphatic rings. The average Bonchev–Trinajstić information content (AvgIpc) is 2.28. The van der Waals surface area contributed by atoms with Gasteiger partial charge in [0.25, 0.3) is 0 Å². The quantitative estimate of drug-likeness (QED) is 0.419. The van der Waals surface area contributed by atoms with Gasteiger partial charge in [-0.2, -0.15) is 0 Å². The number of aliphatic hydroxyl groups excluding tert-OH is 2. The molecule has 2 N–H and O–H groups in total. The zero-order chi connectivity index (χ0) is 12.0. The van der Waals surface area contributed by atoms with E-state index in [0.29, 0.717) is 25.4 Å². The van der Waals surface area contributed by atoms with E-state index in [0.717, 1.165) is 25.3 Å². The van der Waals surface area contributed by atoms with Crippen LogP contribution in [0.25, 0.3) is 0 Å². The highest BCUT2D eigenvalue weighted by atomic mass is 16.5. The summed E-state index contributed by atoms with van der Waals surface area (Å²) in [5.41, 5.74) is 0. The van der Waals surface area contributed by atoms with Crippen LogP contribution in [0, 0.1) is 5.92 Å². The van der Waals surface area contributed by atoms with Crippen LogP contribution in [0.2, 0.25) is 0 Å². The van der Waals surface area contributed by atoms with E-state index in [-0.39, 0.29) is 5.97 Å². The monoisotopic (exact) mass is 228 g/mol. The van der Waals surface area contributed by atoms with Gasteiger partial charge in [-0.15, -0.1) is 0 Å². The largest absolute Gasteiger partial charge is 0.463 e. The lowest BCUT2D eigenvalue weighted by Gasteiger charge is -2.29. The molecule has 16 heavy (non-hydrogen) atoms. The van der Waals surface area contributed by atoms with Crippen LogP contribution in [-0.4, -0.2) is 35.0 Å². The molecule has 4 heteroatoms. The Hall–Kier alpha value is -0.870. The van der Waals surface area contributed by atoms with Crippen molar-refractivity contribution in [1.82, 2.24) is 0 Å². The summed E-state index contributed by atoms with van der Waals surface area (Å²) in [4.78, 5) is 10.7. The van der Waals surface area contributed by atoms with E-state index in [1.54, 1.807) is 0 Å². The summed E-state index contributed by atoms with van der Waals surface area (Å²) in [5.74, 6) is 0.0416. The first-order valence-electron chi connectivity index (χ1n) is 5.78. The Labute approximate surface area is 95.9 Å². The van der Waals surface area contributed by atoms with Gasteiger partial charge >= 0.3 is 5.97 Å². The van der Waals surface area contributed by atoms with Crippen molar-refractivity contribution in [2.24, 2.45) is 5.92 Å². The van der Waals surface area contributed by atoms with Crippen LogP contribution in [0.3, 0.4) is 0 Å². The number of hydrogen-bond acceptors (Lipinski definition) is 4. The summed E-state index contributed by atoms with van der Waals surface area (Å²) < 4.78 is 4.86. The van der Waals surface area contributed by atoms with E-state index < -0.39 is 12.2 Å². The zero-order valence-corrected chi connectivity index (χ0v) is 9.47. The number of carbonyl (C=O) groups excluding carboxylic acids is 1. The van der Waals surface area contributed by atoms with Crippen LogP contribution < -0.4 is 0 Å². The number of rotatable bonds is 5. The summed E-state index contributed by atoms with van der Waals surface area (Å²) >= 11 is 0. The van der Waals surface area contributed by atoms with Gasteiger partial charge in [0.1, 0.15) is 0 Å². The van der Waals surface area contributed by atoms with E-state index in [1.165, 1.54) is 0 Å². The van der Waals surface area contributed by atoms with Crippen LogP contribution in [0.1, 0.15) is 32.1 Å². The molecule has 0 aromatic heterocycles. The molecule has 0 spiro atoms. The zero-order valence-electron chi connectivity index (χ0n) is 9.47. The molecule has 0 heterocycles. The van der Waals surface area contributed by atoms with Gasteiger partial charge in [0.05, 0.1) is 18.8 Å². The molecule has 92 valence electrons. The van der Waals surface area contributed by atoms with Gasteiger partial charge in [0, 0.05) is 6.08 Å². The number of carbonyl (C=O) groups is 1. The maximum absolute atomic E-state index is 10.7. The van der Waals surface area contributed by atoms with E-state index >= 15 is 0 Å². The maximum Gasteiger partial charge on any atom is 0.330 e. The molecule has 3 unspecified atom stereocenters. The van der Waals surface area contributed by atoms with Gasteiger partial charge < -0.3 is 14.9 Å². The summed E-state index contributed by atoms with van der Waals surface area (Å²) in [5, 5.41) is 18.8. The second kappa shape index (κ2) is 6.66. The van der Waals surface area contributed by atoms with Crippen LogP contribution in [0.5, 0.6) is 0 Å². The van der Waals surface area contributed by atoms with Crippen molar-refractivity contribution < 1.29 is 19.7 Å². The molecule has 1 aliphatic carbocycles. The summed E-state index contributed by atoms with van der Waals surface area (Å²) in [6.07, 6.45) is 3.98. The van der Waals surface area contributed by atoms with Crippen LogP contribution in [0.4, 0.5) is 0 Å². The second-order valence-corrected chi connectivity index (χ2v) is 4.33. The Balaban J connectivity index is 2.09. The third-order valence-electron chi connectivity index (χ3n) is 3.06. The van der Waals surface area contributed by atoms with Crippen molar-refractivity contribution in [3.8, 4) is 0 Å². The Bertz CT molecular complexity index is 239. The van der Waals surface area contributed by atoms with E-state index in [2.05, 4.69) is 6.58 Å². The first kappa shape index (κ1) is 13.2. The molecule has 1 rings (SSSR count). The molecule has 0 aromatic rings. The van der Waals surface area contributed by atoms with Gasteiger partial charge in [-0.1, -0.05) is 6.58 Å². The predicted molar refractivity (Wildman–Crippen MR) is 59.7 cm³/mol. The van der Waals surface area contributed by atoms with Crippen molar-refractivity contribution in [2.45, 2.75) is 44.3 Å². The molecule has 0 amide bonds. The van der Waals surface area contributed by atoms with Gasteiger partial charge in [0.15, 0.2) is 0 Å². The number of hydrogen-bond donors (Lipinski definition) is 2. The third kappa shape index (κ3) is 4.33. The summed E-state index contributed by atoms with van der Waals surface area (Å²) in [7, 11) is 0. The van der Waals surface area contributed by atoms with Crippen LogP contribution in [-0.2, 0) is 9.53 Å². The molecular formula is C12H20O4. The maximum atomic E-state index is 10.7. The van der Waals surface area contributed by atoms with Crippen LogP contribution in [0.15, 0.2) is 12.7 Å². The van der Waals surface area contributed by atoms with Gasteiger partial charge in [-0.05, 0) is 38.0 Å². The highest BCUT2D eigenvalue weighted by Crippen LogP contribution is 2.28. The van der Waals surface area contributed by atoms with Crippen molar-refractivity contribution >= 4 is 5.97 Å². The van der Waals surface area contributed by atoms with Gasteiger partial charge in [-0.3, -0.25) is 0 Å². The molecule has 4 nitrogen and oxygen atoms in total. The molecule has 0 bridgehead atoms. The standard InChI is InChI=1S/C12H20O4/c1-2-12(15)16-7-3-4-9-5-6-10(13)11(14)8-9/h2,9-11,13-14H,1,3-8H2. The Morgan fingerprint density at radius 2 is 2.12 bits per heavy atom. The van der Waals surface area contributed by atoms with Crippen LogP contribution >= 0.6 is 0 Å². The molecular weight excluding hydrogens is 208 g/mol. The first-order chi connectivity index (χ1) is 7.63. The third-order valence-corrected chi connectivity index (χ3v) is 3.06. The fraction of sp³-hybridized carbons (Fsp3) is 0.750. The van der Waals surface area contributed by atoms with Gasteiger partial charge in [0.2, 0.25) is 0 Å². The minimum Gasteiger partial charge on any atom is -0.463 e. The summed E-state index contributed by atoms with van der Waals surface area (Å²) in [6.45, 7) is 3.71. The van der Waals surface area contributed by atoms with Crippen molar-refractivity contribution in [3.63, 3.8) is 0 Å². The SMILES string of the molecule is C=CC(=O)OCCCC1CCC(O)C(O)C1. The second-order valence-electron chi connectivity index (χ2n) is 4.33. The number of aliphatic hydroxyl groups is 2. The molecule has 3 atom stereocenters.